The number of amides is 3. The Bertz CT molecular complexity index is 1060. The Morgan fingerprint density at radius 1 is 0.840 bits per heavy atom. The molecule has 0 aromatic heterocycles. The smallest absolute Gasteiger partial charge is 0.264 e. The summed E-state index contributed by atoms with van der Waals surface area (Å²) in [5.41, 5.74) is -0.206. The zero-order valence-electron chi connectivity index (χ0n) is 30.4. The second-order valence-electron chi connectivity index (χ2n) is 13.9. The molecule has 2 saturated heterocycles. The Kier molecular flexibility index (Phi) is 20.5. The third-order valence-electron chi connectivity index (χ3n) is 9.37. The highest BCUT2D eigenvalue weighted by atomic mass is 16.6. The normalized spacial score (nSPS) is 20.8. The van der Waals surface area contributed by atoms with Gasteiger partial charge in [-0.2, -0.15) is 5.26 Å². The lowest BCUT2D eigenvalue weighted by molar-refractivity contribution is -0.127. The van der Waals surface area contributed by atoms with Gasteiger partial charge in [0.25, 0.3) is 5.91 Å². The fourth-order valence-corrected chi connectivity index (χ4v) is 6.95. The number of nitrogens with zero attached hydrogens (tertiary/aromatic N) is 3. The van der Waals surface area contributed by atoms with E-state index >= 15 is 0 Å². The lowest BCUT2D eigenvalue weighted by Crippen LogP contribution is -2.41. The maximum atomic E-state index is 13.7. The largest absolute Gasteiger partial charge is 0.379 e. The summed E-state index contributed by atoms with van der Waals surface area (Å²) < 4.78 is 32.8. The number of hydrogen-bond donors (Lipinski definition) is 2. The highest BCUT2D eigenvalue weighted by Gasteiger charge is 2.44. The van der Waals surface area contributed by atoms with Crippen LogP contribution < -0.4 is 10.6 Å². The number of rotatable bonds is 25. The predicted octanol–water partition coefficient (Wildman–Crippen LogP) is 1.39. The average molecular weight is 708 g/mol. The third kappa shape index (κ3) is 16.1. The number of carbonyl (C=O) groups excluding carboxylic acids is 3. The monoisotopic (exact) mass is 707 g/mol. The molecule has 3 rings (SSSR count). The van der Waals surface area contributed by atoms with E-state index in [1.165, 1.54) is 6.42 Å². The van der Waals surface area contributed by atoms with Gasteiger partial charge in [-0.25, -0.2) is 0 Å². The molecule has 2 aliphatic heterocycles. The lowest BCUT2D eigenvalue weighted by Gasteiger charge is -2.33. The van der Waals surface area contributed by atoms with E-state index in [9.17, 15) is 19.6 Å². The van der Waals surface area contributed by atoms with Crippen molar-refractivity contribution in [1.29, 1.82) is 5.26 Å². The maximum absolute atomic E-state index is 13.7. The molecule has 50 heavy (non-hydrogen) atoms. The summed E-state index contributed by atoms with van der Waals surface area (Å²) in [6.45, 7) is 14.0. The molecule has 0 unspecified atom stereocenters. The Labute approximate surface area is 298 Å². The molecule has 1 aliphatic carbocycles. The molecule has 2 N–H and O–H groups in total. The highest BCUT2D eigenvalue weighted by molar-refractivity contribution is 5.98. The molecule has 14 nitrogen and oxygen atoms in total. The molecule has 284 valence electrons. The molecular formula is C36H61N5O9. The van der Waals surface area contributed by atoms with Gasteiger partial charge in [-0.05, 0) is 17.3 Å². The van der Waals surface area contributed by atoms with Crippen molar-refractivity contribution in [2.45, 2.75) is 46.0 Å². The SMILES string of the molecule is CC(C)(/C=C(\C#N)C(=O)N1C[C@@H](C(=O)NCCOCCOCCOCCOCCOCCNC=O)[C@H](C2CCCCC2)C1)CN1CCOCC1. The van der Waals surface area contributed by atoms with Crippen molar-refractivity contribution >= 4 is 18.2 Å². The van der Waals surface area contributed by atoms with Crippen LogP contribution in [0.5, 0.6) is 0 Å². The second kappa shape index (κ2) is 24.5. The van der Waals surface area contributed by atoms with Gasteiger partial charge in [-0.15, -0.1) is 0 Å². The molecule has 0 radical (unpaired) electrons. The van der Waals surface area contributed by atoms with Crippen molar-refractivity contribution in [3.63, 3.8) is 0 Å². The van der Waals surface area contributed by atoms with E-state index in [1.54, 1.807) is 4.90 Å². The van der Waals surface area contributed by atoms with Crippen LogP contribution in [0.15, 0.2) is 11.6 Å². The quantitative estimate of drug-likeness (QED) is 0.0611. The van der Waals surface area contributed by atoms with Gasteiger partial charge >= 0.3 is 0 Å². The Hall–Kier alpha value is -2.64. The minimum absolute atomic E-state index is 0.0496. The number of carbonyl (C=O) groups is 3. The molecule has 3 fully saturated rings. The lowest BCUT2D eigenvalue weighted by atomic mass is 9.75. The van der Waals surface area contributed by atoms with Crippen molar-refractivity contribution in [2.24, 2.45) is 23.2 Å². The zero-order chi connectivity index (χ0) is 35.9. The summed E-state index contributed by atoms with van der Waals surface area (Å²) in [6, 6.07) is 2.18. The fraction of sp³-hybridized carbons (Fsp3) is 0.833. The third-order valence-corrected chi connectivity index (χ3v) is 9.37. The first-order valence-electron chi connectivity index (χ1n) is 18.4. The van der Waals surface area contributed by atoms with Gasteiger partial charge < -0.3 is 44.0 Å². The van der Waals surface area contributed by atoms with Crippen LogP contribution in [-0.4, -0.2) is 153 Å². The van der Waals surface area contributed by atoms with E-state index in [-0.39, 0.29) is 34.6 Å². The van der Waals surface area contributed by atoms with E-state index in [0.29, 0.717) is 118 Å². The second-order valence-corrected chi connectivity index (χ2v) is 13.9. The summed E-state index contributed by atoms with van der Waals surface area (Å²) in [6.07, 6.45) is 8.12. The molecular weight excluding hydrogens is 646 g/mol. The van der Waals surface area contributed by atoms with Gasteiger partial charge in [0, 0.05) is 45.8 Å². The van der Waals surface area contributed by atoms with Gasteiger partial charge in [0.1, 0.15) is 11.6 Å². The molecule has 0 aromatic carbocycles. The number of nitrogens with one attached hydrogen (secondary N) is 2. The van der Waals surface area contributed by atoms with Gasteiger partial charge in [0.2, 0.25) is 12.3 Å². The van der Waals surface area contributed by atoms with Crippen molar-refractivity contribution in [2.75, 3.05) is 125 Å². The fourth-order valence-electron chi connectivity index (χ4n) is 6.95. The molecule has 0 aromatic rings. The minimum atomic E-state index is -0.361. The standard InChI is InChI=1S/C36H61N5O9/c1-36(2,28-40-10-14-47-15-11-40)24-31(25-37)35(44)41-26-32(30-6-4-3-5-7-30)33(27-41)34(43)39-9-13-46-17-19-49-21-23-50-22-20-48-18-16-45-12-8-38-29-42/h24,29-30,32-33H,3-23,26-28H2,1-2H3,(H,38,42)(H,39,43)/b31-24+/t32-,33+/m0/s1. The van der Waals surface area contributed by atoms with Crippen LogP contribution in [0.25, 0.3) is 0 Å². The molecule has 0 spiro atoms. The van der Waals surface area contributed by atoms with Crippen LogP contribution in [0.2, 0.25) is 0 Å². The van der Waals surface area contributed by atoms with E-state index in [0.717, 1.165) is 45.3 Å². The van der Waals surface area contributed by atoms with E-state index in [4.69, 9.17) is 28.4 Å². The van der Waals surface area contributed by atoms with E-state index < -0.39 is 0 Å². The number of likely N-dealkylation sites (tertiary alicyclic amines) is 1. The first-order valence-corrected chi connectivity index (χ1v) is 18.4. The number of nitriles is 1. The number of ether oxygens (including phenoxy) is 6. The van der Waals surface area contributed by atoms with Crippen molar-refractivity contribution in [3.8, 4) is 6.07 Å². The van der Waals surface area contributed by atoms with Gasteiger partial charge in [-0.3, -0.25) is 19.3 Å². The zero-order valence-corrected chi connectivity index (χ0v) is 30.4. The van der Waals surface area contributed by atoms with E-state index in [2.05, 4.69) is 35.5 Å². The molecule has 1 saturated carbocycles. The molecule has 3 amide bonds. The Balaban J connectivity index is 1.32. The first-order chi connectivity index (χ1) is 24.3. The summed E-state index contributed by atoms with van der Waals surface area (Å²) in [5, 5.41) is 15.6. The predicted molar refractivity (Wildman–Crippen MR) is 186 cm³/mol. The van der Waals surface area contributed by atoms with Crippen LogP contribution in [0.1, 0.15) is 46.0 Å². The van der Waals surface area contributed by atoms with Crippen LogP contribution in [-0.2, 0) is 42.8 Å². The van der Waals surface area contributed by atoms with Crippen LogP contribution >= 0.6 is 0 Å². The Morgan fingerprint density at radius 2 is 1.40 bits per heavy atom. The van der Waals surface area contributed by atoms with Crippen molar-refractivity contribution in [3.05, 3.63) is 11.6 Å². The molecule has 3 aliphatic rings. The Morgan fingerprint density at radius 3 is 1.96 bits per heavy atom. The van der Waals surface area contributed by atoms with Crippen LogP contribution in [0.4, 0.5) is 0 Å². The van der Waals surface area contributed by atoms with Crippen molar-refractivity contribution in [1.82, 2.24) is 20.4 Å². The van der Waals surface area contributed by atoms with Crippen molar-refractivity contribution < 1.29 is 42.8 Å². The van der Waals surface area contributed by atoms with Crippen LogP contribution in [0.3, 0.4) is 0 Å². The summed E-state index contributed by atoms with van der Waals surface area (Å²) >= 11 is 0. The number of morpholine rings is 1. The summed E-state index contributed by atoms with van der Waals surface area (Å²) in [7, 11) is 0. The summed E-state index contributed by atoms with van der Waals surface area (Å²) in [4.78, 5) is 41.3. The minimum Gasteiger partial charge on any atom is -0.379 e. The molecule has 0 bridgehead atoms. The summed E-state index contributed by atoms with van der Waals surface area (Å²) in [5.74, 6) is -0.143. The van der Waals surface area contributed by atoms with Crippen LogP contribution in [0, 0.1) is 34.5 Å². The number of hydrogen-bond acceptors (Lipinski definition) is 11. The first kappa shape index (κ1) is 41.8. The topological polar surface area (TPSA) is 161 Å². The molecule has 2 heterocycles. The van der Waals surface area contributed by atoms with Gasteiger partial charge in [0.05, 0.1) is 85.2 Å². The van der Waals surface area contributed by atoms with Gasteiger partial charge in [-0.1, -0.05) is 52.0 Å². The van der Waals surface area contributed by atoms with E-state index in [1.807, 2.05) is 6.08 Å². The molecule has 14 heteroatoms. The maximum Gasteiger partial charge on any atom is 0.264 e. The average Bonchev–Trinajstić information content (AvgIpc) is 3.58. The molecule has 2 atom stereocenters. The highest BCUT2D eigenvalue weighted by Crippen LogP contribution is 2.39. The van der Waals surface area contributed by atoms with Gasteiger partial charge in [0.15, 0.2) is 0 Å².